The summed E-state index contributed by atoms with van der Waals surface area (Å²) in [5.41, 5.74) is 0.446. The molecule has 4 saturated heterocycles. The minimum atomic E-state index is -2.06. The number of ether oxygens (including phenoxy) is 11. The van der Waals surface area contributed by atoms with Gasteiger partial charge in [-0.15, -0.1) is 0 Å². The summed E-state index contributed by atoms with van der Waals surface area (Å²) in [4.78, 5) is 26.7. The average Bonchev–Trinajstić information content (AvgIpc) is 3.56. The zero-order valence-electron chi connectivity index (χ0n) is 44.4. The maximum absolute atomic E-state index is 13.6. The Labute approximate surface area is 461 Å². The molecule has 25 atom stereocenters. The van der Waals surface area contributed by atoms with Crippen molar-refractivity contribution in [1.82, 2.24) is 0 Å². The second-order valence-electron chi connectivity index (χ2n) is 22.1. The van der Waals surface area contributed by atoms with E-state index in [-0.39, 0.29) is 56.0 Å². The monoisotopic (exact) mass is 1150 g/mol. The number of rotatable bonds is 18. The highest BCUT2D eigenvalue weighted by Gasteiger charge is 2.57. The molecule has 80 heavy (non-hydrogen) atoms. The molecule has 0 amide bonds. The van der Waals surface area contributed by atoms with E-state index in [0.717, 1.165) is 6.08 Å². The van der Waals surface area contributed by atoms with Gasteiger partial charge in [-0.25, -0.2) is 9.59 Å². The fraction of sp³-hybridized carbons (Fsp3) is 0.811. The first kappa shape index (κ1) is 62.7. The van der Waals surface area contributed by atoms with Gasteiger partial charge in [0.1, 0.15) is 79.9 Å². The van der Waals surface area contributed by atoms with Gasteiger partial charge in [0.05, 0.1) is 69.2 Å². The minimum Gasteiger partial charge on any atom is -0.506 e. The molecule has 8 aliphatic rings. The van der Waals surface area contributed by atoms with E-state index < -0.39 is 191 Å². The van der Waals surface area contributed by atoms with E-state index in [9.17, 15) is 81.1 Å². The van der Waals surface area contributed by atoms with Crippen molar-refractivity contribution in [3.8, 4) is 0 Å². The van der Waals surface area contributed by atoms with Crippen LogP contribution < -0.4 is 0 Å². The Morgan fingerprint density at radius 2 is 1.25 bits per heavy atom. The van der Waals surface area contributed by atoms with Gasteiger partial charge in [0.25, 0.3) is 0 Å². The highest BCUT2D eigenvalue weighted by molar-refractivity contribution is 5.83. The molecule has 4 aliphatic carbocycles. The van der Waals surface area contributed by atoms with Gasteiger partial charge in [0, 0.05) is 38.0 Å². The second kappa shape index (κ2) is 28.0. The zero-order valence-corrected chi connectivity index (χ0v) is 44.4. The summed E-state index contributed by atoms with van der Waals surface area (Å²) in [6, 6.07) is 0. The molecule has 9 unspecified atom stereocenters. The van der Waals surface area contributed by atoms with Gasteiger partial charge in [-0.1, -0.05) is 12.2 Å². The molecule has 27 heteroatoms. The highest BCUT2D eigenvalue weighted by Crippen LogP contribution is 2.46. The highest BCUT2D eigenvalue weighted by atomic mass is 16.8. The van der Waals surface area contributed by atoms with Crippen LogP contribution in [0.2, 0.25) is 0 Å². The van der Waals surface area contributed by atoms with E-state index in [1.807, 2.05) is 0 Å². The Kier molecular flexibility index (Phi) is 22.0. The lowest BCUT2D eigenvalue weighted by Gasteiger charge is -2.53. The van der Waals surface area contributed by atoms with Crippen LogP contribution in [0.5, 0.6) is 0 Å². The molecule has 0 radical (unpaired) electrons. The SMILES string of the molecule is COC1=C(O)[C@@H](OC)CC(C=CC(=O)O[C@H]2[C@H](O[C@H]3[C@H](OC4CC5C(CC(O)CC5O[C@@H]5O[C@H](CO)[C@@H](O)[C@H](O)[C@H]5O)OC4C4CCC(O)C(O)C4)O[C@H](COC(=O)C=CC4CCC(O)CC4)[C@@H](O)[C@@H]3O)O[C@H](CO)[C@@H](O)[C@@H]2O)=C1. The van der Waals surface area contributed by atoms with Gasteiger partial charge in [-0.2, -0.15) is 0 Å². The lowest BCUT2D eigenvalue weighted by atomic mass is 9.72. The third kappa shape index (κ3) is 14.6. The van der Waals surface area contributed by atoms with Crippen LogP contribution in [0.25, 0.3) is 0 Å². The van der Waals surface area contributed by atoms with Crippen LogP contribution in [0.3, 0.4) is 0 Å². The van der Waals surface area contributed by atoms with Crippen molar-refractivity contribution < 1.29 is 133 Å². The maximum Gasteiger partial charge on any atom is 0.331 e. The van der Waals surface area contributed by atoms with E-state index in [2.05, 4.69) is 0 Å². The van der Waals surface area contributed by atoms with E-state index in [0.29, 0.717) is 37.7 Å². The summed E-state index contributed by atoms with van der Waals surface area (Å²) in [5, 5.41) is 152. The van der Waals surface area contributed by atoms with Gasteiger partial charge in [-0.05, 0) is 81.3 Å². The topological polar surface area (TPSA) is 419 Å². The van der Waals surface area contributed by atoms with E-state index >= 15 is 0 Å². The number of aliphatic hydroxyl groups is 14. The fourth-order valence-electron chi connectivity index (χ4n) is 12.1. The van der Waals surface area contributed by atoms with Crippen LogP contribution in [0, 0.1) is 17.8 Å². The molecule has 3 saturated carbocycles. The average molecular weight is 1150 g/mol. The molecule has 0 aromatic carbocycles. The van der Waals surface area contributed by atoms with Crippen LogP contribution >= 0.6 is 0 Å². The van der Waals surface area contributed by atoms with Crippen molar-refractivity contribution in [3.05, 3.63) is 47.5 Å². The molecule has 0 aromatic heterocycles. The number of methoxy groups -OCH3 is 2. The molecule has 454 valence electrons. The van der Waals surface area contributed by atoms with Gasteiger partial charge in [0.2, 0.25) is 0 Å². The molecule has 7 fully saturated rings. The molecule has 4 aliphatic heterocycles. The van der Waals surface area contributed by atoms with E-state index in [1.165, 1.54) is 32.4 Å². The fourth-order valence-corrected chi connectivity index (χ4v) is 12.1. The summed E-state index contributed by atoms with van der Waals surface area (Å²) in [6.45, 7) is -2.32. The van der Waals surface area contributed by atoms with Crippen molar-refractivity contribution in [2.24, 2.45) is 17.8 Å². The minimum absolute atomic E-state index is 0.00512. The number of fused-ring (bicyclic) bond motifs is 1. The number of allylic oxidation sites excluding steroid dienone is 3. The molecular weight excluding hydrogens is 1070 g/mol. The molecule has 14 N–H and O–H groups in total. The van der Waals surface area contributed by atoms with Gasteiger partial charge in [-0.3, -0.25) is 0 Å². The van der Waals surface area contributed by atoms with Crippen molar-refractivity contribution in [2.45, 2.75) is 218 Å². The number of hydrogen-bond donors (Lipinski definition) is 14. The Bertz CT molecular complexity index is 2150. The number of carbonyl (C=O) groups is 2. The van der Waals surface area contributed by atoms with E-state index in [1.54, 1.807) is 6.08 Å². The van der Waals surface area contributed by atoms with Crippen LogP contribution in [0.15, 0.2) is 47.5 Å². The number of aliphatic hydroxyl groups excluding tert-OH is 14. The molecule has 4 heterocycles. The molecule has 8 rings (SSSR count). The standard InChI is InChI=1S/C53H80O27/c1-70-32-13-23(14-33(71-2)40(32)62)6-12-39(61)79-49-45(67)42(64)36(20-55)77-53(49)80-50-46(68)43(65)37(21-72-38(60)11-5-22-3-8-25(56)9-4-22)78-52(50)75-34-18-27-30(73-48(34)24-7-10-28(58)29(59)15-24)16-26(57)17-31(27)74-51-47(69)44(66)41(63)35(19-54)76-51/h5-6,11-13,22,24-31,33-37,41-59,62-69H,3-4,7-10,14-21H2,1-2H3/t22?,24?,25?,26?,27?,28?,29?,30?,31?,33-,34?,35+,36+,37+,41+,42+,43+,44-,45-,46-,47+,48?,49+,50+,51+,52+,53-/m0/s1. The Morgan fingerprint density at radius 1 is 0.613 bits per heavy atom. The predicted octanol–water partition coefficient (Wildman–Crippen LogP) is -3.84. The quantitative estimate of drug-likeness (QED) is 0.0462. The summed E-state index contributed by atoms with van der Waals surface area (Å²) < 4.78 is 65.9. The lowest BCUT2D eigenvalue weighted by Crippen LogP contribution is -2.66. The van der Waals surface area contributed by atoms with Crippen molar-refractivity contribution in [2.75, 3.05) is 34.0 Å². The first-order chi connectivity index (χ1) is 38.2. The first-order valence-electron chi connectivity index (χ1n) is 27.4. The first-order valence-corrected chi connectivity index (χ1v) is 27.4. The van der Waals surface area contributed by atoms with E-state index in [4.69, 9.17) is 52.1 Å². The lowest BCUT2D eigenvalue weighted by molar-refractivity contribution is -0.380. The molecule has 0 aromatic rings. The largest absolute Gasteiger partial charge is 0.506 e. The van der Waals surface area contributed by atoms with Crippen LogP contribution in [0.4, 0.5) is 0 Å². The smallest absolute Gasteiger partial charge is 0.331 e. The molecule has 0 bridgehead atoms. The third-order valence-corrected chi connectivity index (χ3v) is 16.8. The van der Waals surface area contributed by atoms with Crippen molar-refractivity contribution in [3.63, 3.8) is 0 Å². The molecule has 0 spiro atoms. The normalized spacial score (nSPS) is 45.7. The molecule has 27 nitrogen and oxygen atoms in total. The van der Waals surface area contributed by atoms with Crippen LogP contribution in [-0.2, 0) is 61.7 Å². The van der Waals surface area contributed by atoms with Crippen LogP contribution in [-0.4, -0.2) is 265 Å². The maximum atomic E-state index is 13.6. The summed E-state index contributed by atoms with van der Waals surface area (Å²) >= 11 is 0. The van der Waals surface area contributed by atoms with Gasteiger partial charge >= 0.3 is 11.9 Å². The summed E-state index contributed by atoms with van der Waals surface area (Å²) in [6.07, 6.45) is -26.0. The van der Waals surface area contributed by atoms with Crippen LogP contribution in [0.1, 0.15) is 70.6 Å². The Hall–Kier alpha value is -3.34. The summed E-state index contributed by atoms with van der Waals surface area (Å²) in [7, 11) is 2.69. The second-order valence-corrected chi connectivity index (χ2v) is 22.1. The number of carbonyl (C=O) groups excluding carboxylic acids is 2. The zero-order chi connectivity index (χ0) is 57.7. The van der Waals surface area contributed by atoms with Crippen molar-refractivity contribution in [1.29, 1.82) is 0 Å². The summed E-state index contributed by atoms with van der Waals surface area (Å²) in [5.74, 6) is -3.34. The van der Waals surface area contributed by atoms with Gasteiger partial charge in [0.15, 0.2) is 36.5 Å². The Balaban J connectivity index is 1.09. The number of esters is 2. The van der Waals surface area contributed by atoms with Crippen molar-refractivity contribution >= 4 is 11.9 Å². The Morgan fingerprint density at radius 3 is 1.93 bits per heavy atom. The predicted molar refractivity (Wildman–Crippen MR) is 265 cm³/mol. The number of hydrogen-bond acceptors (Lipinski definition) is 27. The third-order valence-electron chi connectivity index (χ3n) is 16.8. The van der Waals surface area contributed by atoms with Gasteiger partial charge < -0.3 is 124 Å². The molecular formula is C53H80O27.